The highest BCUT2D eigenvalue weighted by Crippen LogP contribution is 2.32. The fraction of sp³-hybridized carbons (Fsp3) is 0.118. The third-order valence-corrected chi connectivity index (χ3v) is 5.59. The molecule has 0 saturated carbocycles. The lowest BCUT2D eigenvalue weighted by Gasteiger charge is -2.06. The van der Waals surface area contributed by atoms with Crippen LogP contribution in [-0.4, -0.2) is 19.7 Å². The second kappa shape index (κ2) is 7.38. The summed E-state index contributed by atoms with van der Waals surface area (Å²) in [5.41, 5.74) is 1.91. The molecule has 0 saturated heterocycles. The minimum absolute atomic E-state index is 0.291. The fourth-order valence-corrected chi connectivity index (χ4v) is 4.21. The molecular formula is C17H13F2N5S2. The van der Waals surface area contributed by atoms with Crippen molar-refractivity contribution in [1.29, 1.82) is 0 Å². The Balaban J connectivity index is 1.49. The zero-order valence-electron chi connectivity index (χ0n) is 13.3. The quantitative estimate of drug-likeness (QED) is 0.452. The molecular weight excluding hydrogens is 376 g/mol. The predicted octanol–water partition coefficient (Wildman–Crippen LogP) is 5.32. The number of nitrogens with zero attached hydrogens (tertiary/aromatic N) is 4. The fourth-order valence-electron chi connectivity index (χ4n) is 2.50. The lowest BCUT2D eigenvalue weighted by Crippen LogP contribution is -2.03. The Morgan fingerprint density at radius 2 is 1.81 bits per heavy atom. The Kier molecular flexibility index (Phi) is 4.81. The maximum Gasteiger partial charge on any atom is 0.320 e. The molecule has 0 bridgehead atoms. The van der Waals surface area contributed by atoms with Gasteiger partial charge >= 0.3 is 6.55 Å². The van der Waals surface area contributed by atoms with E-state index >= 15 is 0 Å². The van der Waals surface area contributed by atoms with Gasteiger partial charge in [-0.2, -0.15) is 8.78 Å². The Morgan fingerprint density at radius 3 is 2.62 bits per heavy atom. The van der Waals surface area contributed by atoms with E-state index in [1.807, 2.05) is 30.3 Å². The number of alkyl halides is 2. The van der Waals surface area contributed by atoms with Crippen LogP contribution >= 0.6 is 23.1 Å². The summed E-state index contributed by atoms with van der Waals surface area (Å²) in [5.74, 6) is 0.609. The third kappa shape index (κ3) is 3.54. The van der Waals surface area contributed by atoms with Crippen molar-refractivity contribution in [1.82, 2.24) is 19.7 Å². The summed E-state index contributed by atoms with van der Waals surface area (Å²) < 4.78 is 28.5. The van der Waals surface area contributed by atoms with Crippen LogP contribution in [0.15, 0.2) is 58.9 Å². The number of para-hydroxylation sites is 3. The van der Waals surface area contributed by atoms with Crippen molar-refractivity contribution >= 4 is 45.0 Å². The molecule has 4 aromatic rings. The lowest BCUT2D eigenvalue weighted by atomic mass is 10.3. The number of hydrogen-bond donors (Lipinski definition) is 1. The first-order chi connectivity index (χ1) is 12.7. The highest BCUT2D eigenvalue weighted by Gasteiger charge is 2.18. The molecule has 1 N–H and O–H groups in total. The molecule has 2 heterocycles. The third-order valence-electron chi connectivity index (χ3n) is 3.62. The smallest absolute Gasteiger partial charge is 0.320 e. The van der Waals surface area contributed by atoms with Crippen LogP contribution in [0.5, 0.6) is 0 Å². The van der Waals surface area contributed by atoms with Crippen LogP contribution < -0.4 is 5.32 Å². The molecule has 0 aliphatic carbocycles. The van der Waals surface area contributed by atoms with E-state index in [9.17, 15) is 8.78 Å². The number of nitrogens with one attached hydrogen (secondary N) is 1. The van der Waals surface area contributed by atoms with E-state index in [2.05, 4.69) is 20.5 Å². The Labute approximate surface area is 156 Å². The van der Waals surface area contributed by atoms with Crippen LogP contribution in [0.25, 0.3) is 11.0 Å². The molecule has 0 atom stereocenters. The molecule has 0 amide bonds. The second-order valence-corrected chi connectivity index (χ2v) is 7.52. The van der Waals surface area contributed by atoms with Gasteiger partial charge < -0.3 is 5.32 Å². The molecule has 0 fully saturated rings. The second-order valence-electron chi connectivity index (χ2n) is 5.32. The van der Waals surface area contributed by atoms with Crippen molar-refractivity contribution in [3.05, 3.63) is 60.4 Å². The lowest BCUT2D eigenvalue weighted by molar-refractivity contribution is 0.0722. The van der Waals surface area contributed by atoms with Gasteiger partial charge in [0.2, 0.25) is 5.13 Å². The summed E-state index contributed by atoms with van der Waals surface area (Å²) >= 11 is 2.71. The van der Waals surface area contributed by atoms with Crippen molar-refractivity contribution in [2.45, 2.75) is 16.6 Å². The summed E-state index contributed by atoms with van der Waals surface area (Å²) in [7, 11) is 0. The number of hydrogen-bond acceptors (Lipinski definition) is 6. The summed E-state index contributed by atoms with van der Waals surface area (Å²) in [6.07, 6.45) is 0. The van der Waals surface area contributed by atoms with Gasteiger partial charge in [0, 0.05) is 5.69 Å². The molecule has 0 spiro atoms. The number of fused-ring (bicyclic) bond motifs is 1. The van der Waals surface area contributed by atoms with Gasteiger partial charge in [0.05, 0.1) is 16.8 Å². The Hall–Kier alpha value is -2.52. The van der Waals surface area contributed by atoms with Crippen molar-refractivity contribution in [3.8, 4) is 0 Å². The molecule has 2 aromatic heterocycles. The molecule has 2 aromatic carbocycles. The van der Waals surface area contributed by atoms with Crippen LogP contribution in [0.3, 0.4) is 0 Å². The van der Waals surface area contributed by atoms with Gasteiger partial charge in [-0.1, -0.05) is 53.4 Å². The highest BCUT2D eigenvalue weighted by molar-refractivity contribution is 8.00. The summed E-state index contributed by atoms with van der Waals surface area (Å²) in [6, 6.07) is 16.5. The zero-order valence-corrected chi connectivity index (χ0v) is 15.0. The van der Waals surface area contributed by atoms with Gasteiger partial charge in [-0.25, -0.2) is 4.98 Å². The minimum atomic E-state index is -2.64. The zero-order chi connectivity index (χ0) is 17.9. The molecule has 4 rings (SSSR count). The van der Waals surface area contributed by atoms with Crippen LogP contribution in [0, 0.1) is 0 Å². The SMILES string of the molecule is FC(F)n1c(CSc2nnc(Nc3ccccc3)s2)nc2ccccc21. The molecule has 0 aliphatic heterocycles. The van der Waals surface area contributed by atoms with Gasteiger partial charge in [0.25, 0.3) is 0 Å². The van der Waals surface area contributed by atoms with E-state index in [-0.39, 0.29) is 0 Å². The number of imidazole rings is 1. The number of rotatable bonds is 6. The topological polar surface area (TPSA) is 55.6 Å². The Bertz CT molecular complexity index is 1020. The summed E-state index contributed by atoms with van der Waals surface area (Å²) in [4.78, 5) is 4.33. The van der Waals surface area contributed by atoms with Crippen molar-refractivity contribution in [3.63, 3.8) is 0 Å². The average molecular weight is 389 g/mol. The molecule has 0 unspecified atom stereocenters. The van der Waals surface area contributed by atoms with Crippen molar-refractivity contribution in [2.75, 3.05) is 5.32 Å². The first-order valence-electron chi connectivity index (χ1n) is 7.73. The Morgan fingerprint density at radius 1 is 1.04 bits per heavy atom. The number of benzene rings is 2. The highest BCUT2D eigenvalue weighted by atomic mass is 32.2. The van der Waals surface area contributed by atoms with E-state index < -0.39 is 6.55 Å². The number of thioether (sulfide) groups is 1. The maximum absolute atomic E-state index is 13.4. The molecule has 0 aliphatic rings. The van der Waals surface area contributed by atoms with Gasteiger partial charge in [-0.15, -0.1) is 10.2 Å². The first-order valence-corrected chi connectivity index (χ1v) is 9.53. The van der Waals surface area contributed by atoms with Gasteiger partial charge in [-0.3, -0.25) is 4.57 Å². The van der Waals surface area contributed by atoms with E-state index in [4.69, 9.17) is 0 Å². The monoisotopic (exact) mass is 389 g/mol. The van der Waals surface area contributed by atoms with E-state index in [0.29, 0.717) is 32.1 Å². The van der Waals surface area contributed by atoms with Crippen LogP contribution in [0.2, 0.25) is 0 Å². The van der Waals surface area contributed by atoms with Crippen molar-refractivity contribution < 1.29 is 8.78 Å². The largest absolute Gasteiger partial charge is 0.330 e. The molecule has 9 heteroatoms. The number of halogens is 2. The van der Waals surface area contributed by atoms with Crippen LogP contribution in [-0.2, 0) is 5.75 Å². The summed E-state index contributed by atoms with van der Waals surface area (Å²) in [6.45, 7) is -2.64. The normalized spacial score (nSPS) is 11.3. The molecule has 132 valence electrons. The molecule has 26 heavy (non-hydrogen) atoms. The summed E-state index contributed by atoms with van der Waals surface area (Å²) in [5, 5.41) is 12.0. The number of aromatic nitrogens is 4. The first kappa shape index (κ1) is 16.9. The predicted molar refractivity (Wildman–Crippen MR) is 100 cm³/mol. The van der Waals surface area contributed by atoms with Crippen LogP contribution in [0.1, 0.15) is 12.4 Å². The molecule has 5 nitrogen and oxygen atoms in total. The van der Waals surface area contributed by atoms with Crippen molar-refractivity contribution in [2.24, 2.45) is 0 Å². The van der Waals surface area contributed by atoms with E-state index in [1.54, 1.807) is 24.3 Å². The van der Waals surface area contributed by atoms with E-state index in [0.717, 1.165) is 10.3 Å². The van der Waals surface area contributed by atoms with Gasteiger partial charge in [-0.05, 0) is 24.3 Å². The maximum atomic E-state index is 13.4. The average Bonchev–Trinajstić information content (AvgIpc) is 3.24. The van der Waals surface area contributed by atoms with E-state index in [1.165, 1.54) is 23.1 Å². The van der Waals surface area contributed by atoms with Crippen LogP contribution in [0.4, 0.5) is 19.6 Å². The van der Waals surface area contributed by atoms with Gasteiger partial charge in [0.15, 0.2) is 4.34 Å². The van der Waals surface area contributed by atoms with Gasteiger partial charge in [0.1, 0.15) is 5.82 Å². The molecule has 0 radical (unpaired) electrons. The minimum Gasteiger partial charge on any atom is -0.330 e. The number of anilines is 2. The standard InChI is InChI=1S/C17H13F2N5S2/c18-15(19)24-13-9-5-4-8-12(13)21-14(24)10-25-17-23-22-16(26-17)20-11-6-2-1-3-7-11/h1-9,15H,10H2,(H,20,22).